The highest BCUT2D eigenvalue weighted by Crippen LogP contribution is 2.27. The summed E-state index contributed by atoms with van der Waals surface area (Å²) < 4.78 is 0. The Bertz CT molecular complexity index is 448. The number of anilines is 1. The molecule has 1 aromatic carbocycles. The Morgan fingerprint density at radius 3 is 2.70 bits per heavy atom. The van der Waals surface area contributed by atoms with Gasteiger partial charge in [0, 0.05) is 45.0 Å². The topological polar surface area (TPSA) is 18.5 Å². The molecule has 110 valence electrons. The SMILES string of the molecule is CC(C)CN1CCN(c2cccc3c2CNCC3)CC1. The number of rotatable bonds is 3. The van der Waals surface area contributed by atoms with Gasteiger partial charge in [-0.05, 0) is 36.1 Å². The van der Waals surface area contributed by atoms with E-state index < -0.39 is 0 Å². The van der Waals surface area contributed by atoms with Crippen molar-refractivity contribution in [1.82, 2.24) is 10.2 Å². The van der Waals surface area contributed by atoms with Crippen molar-refractivity contribution in [3.05, 3.63) is 29.3 Å². The van der Waals surface area contributed by atoms with Gasteiger partial charge in [0.1, 0.15) is 0 Å². The molecule has 3 rings (SSSR count). The van der Waals surface area contributed by atoms with Crippen LogP contribution >= 0.6 is 0 Å². The van der Waals surface area contributed by atoms with E-state index in [-0.39, 0.29) is 0 Å². The third-order valence-corrected chi connectivity index (χ3v) is 4.46. The minimum absolute atomic E-state index is 0.773. The molecule has 1 fully saturated rings. The van der Waals surface area contributed by atoms with E-state index in [0.29, 0.717) is 0 Å². The number of benzene rings is 1. The second kappa shape index (κ2) is 6.15. The zero-order chi connectivity index (χ0) is 13.9. The molecule has 0 atom stereocenters. The maximum Gasteiger partial charge on any atom is 0.0415 e. The number of hydrogen-bond donors (Lipinski definition) is 1. The van der Waals surface area contributed by atoms with E-state index in [4.69, 9.17) is 0 Å². The van der Waals surface area contributed by atoms with Crippen LogP contribution in [-0.2, 0) is 13.0 Å². The molecule has 1 saturated heterocycles. The van der Waals surface area contributed by atoms with Gasteiger partial charge < -0.3 is 10.2 Å². The van der Waals surface area contributed by atoms with Gasteiger partial charge in [0.25, 0.3) is 0 Å². The first-order valence-corrected chi connectivity index (χ1v) is 8.03. The number of nitrogens with zero attached hydrogens (tertiary/aromatic N) is 2. The van der Waals surface area contributed by atoms with Gasteiger partial charge in [0.15, 0.2) is 0 Å². The highest BCUT2D eigenvalue weighted by Gasteiger charge is 2.21. The third-order valence-electron chi connectivity index (χ3n) is 4.46. The fraction of sp³-hybridized carbons (Fsp3) is 0.647. The van der Waals surface area contributed by atoms with Crippen LogP contribution in [0.25, 0.3) is 0 Å². The molecule has 0 aromatic heterocycles. The van der Waals surface area contributed by atoms with Gasteiger partial charge in [-0.15, -0.1) is 0 Å². The maximum absolute atomic E-state index is 3.52. The van der Waals surface area contributed by atoms with Crippen molar-refractivity contribution < 1.29 is 0 Å². The summed E-state index contributed by atoms with van der Waals surface area (Å²) in [4.78, 5) is 5.19. The summed E-state index contributed by atoms with van der Waals surface area (Å²) in [5.41, 5.74) is 4.56. The molecule has 1 aromatic rings. The Labute approximate surface area is 123 Å². The largest absolute Gasteiger partial charge is 0.369 e. The molecule has 0 unspecified atom stereocenters. The molecule has 0 aliphatic carbocycles. The highest BCUT2D eigenvalue weighted by atomic mass is 15.3. The lowest BCUT2D eigenvalue weighted by Crippen LogP contribution is -2.48. The number of hydrogen-bond acceptors (Lipinski definition) is 3. The average molecular weight is 273 g/mol. The zero-order valence-corrected chi connectivity index (χ0v) is 12.9. The standard InChI is InChI=1S/C17H27N3/c1-14(2)13-19-8-10-20(11-9-19)17-5-3-4-15-6-7-18-12-16(15)17/h3-5,14,18H,6-13H2,1-2H3. The fourth-order valence-corrected chi connectivity index (χ4v) is 3.48. The smallest absolute Gasteiger partial charge is 0.0415 e. The maximum atomic E-state index is 3.52. The van der Waals surface area contributed by atoms with Crippen LogP contribution in [0, 0.1) is 5.92 Å². The van der Waals surface area contributed by atoms with E-state index >= 15 is 0 Å². The lowest BCUT2D eigenvalue weighted by molar-refractivity contribution is 0.231. The second-order valence-electron chi connectivity index (χ2n) is 6.52. The van der Waals surface area contributed by atoms with E-state index in [9.17, 15) is 0 Å². The molecule has 2 aliphatic rings. The Kier molecular flexibility index (Phi) is 4.27. The first kappa shape index (κ1) is 13.9. The van der Waals surface area contributed by atoms with Gasteiger partial charge in [0.05, 0.1) is 0 Å². The Balaban J connectivity index is 1.69. The molecule has 20 heavy (non-hydrogen) atoms. The lowest BCUT2D eigenvalue weighted by Gasteiger charge is -2.38. The average Bonchev–Trinajstić information content (AvgIpc) is 2.47. The van der Waals surface area contributed by atoms with Crippen molar-refractivity contribution >= 4 is 5.69 Å². The van der Waals surface area contributed by atoms with Crippen LogP contribution < -0.4 is 10.2 Å². The molecule has 2 aliphatic heterocycles. The van der Waals surface area contributed by atoms with Crippen LogP contribution in [-0.4, -0.2) is 44.2 Å². The third kappa shape index (κ3) is 2.99. The van der Waals surface area contributed by atoms with Crippen molar-refractivity contribution in [2.75, 3.05) is 44.2 Å². The minimum atomic E-state index is 0.773. The van der Waals surface area contributed by atoms with E-state index in [1.165, 1.54) is 50.4 Å². The predicted molar refractivity (Wildman–Crippen MR) is 85.3 cm³/mol. The van der Waals surface area contributed by atoms with Gasteiger partial charge in [0.2, 0.25) is 0 Å². The first-order valence-electron chi connectivity index (χ1n) is 8.03. The molecular weight excluding hydrogens is 246 g/mol. The molecule has 0 spiro atoms. The number of fused-ring (bicyclic) bond motifs is 1. The van der Waals surface area contributed by atoms with E-state index in [1.807, 2.05) is 0 Å². The van der Waals surface area contributed by atoms with Crippen molar-refractivity contribution in [2.45, 2.75) is 26.8 Å². The van der Waals surface area contributed by atoms with E-state index in [2.05, 4.69) is 47.2 Å². The molecule has 0 saturated carbocycles. The molecule has 3 nitrogen and oxygen atoms in total. The fourth-order valence-electron chi connectivity index (χ4n) is 3.48. The number of nitrogens with one attached hydrogen (secondary N) is 1. The van der Waals surface area contributed by atoms with Gasteiger partial charge >= 0.3 is 0 Å². The highest BCUT2D eigenvalue weighted by molar-refractivity contribution is 5.58. The Morgan fingerprint density at radius 1 is 1.15 bits per heavy atom. The summed E-state index contributed by atoms with van der Waals surface area (Å²) in [6, 6.07) is 6.85. The van der Waals surface area contributed by atoms with Crippen molar-refractivity contribution in [1.29, 1.82) is 0 Å². The summed E-state index contributed by atoms with van der Waals surface area (Å²) >= 11 is 0. The molecular formula is C17H27N3. The second-order valence-corrected chi connectivity index (χ2v) is 6.52. The first-order chi connectivity index (χ1) is 9.74. The summed E-state index contributed by atoms with van der Waals surface area (Å²) in [5.74, 6) is 0.773. The van der Waals surface area contributed by atoms with Crippen molar-refractivity contribution in [3.63, 3.8) is 0 Å². The minimum Gasteiger partial charge on any atom is -0.369 e. The normalized spacial score (nSPS) is 20.2. The Morgan fingerprint density at radius 2 is 1.95 bits per heavy atom. The van der Waals surface area contributed by atoms with Crippen LogP contribution in [0.4, 0.5) is 5.69 Å². The molecule has 1 N–H and O–H groups in total. The van der Waals surface area contributed by atoms with Crippen LogP contribution in [0.5, 0.6) is 0 Å². The molecule has 3 heteroatoms. The molecule has 2 heterocycles. The van der Waals surface area contributed by atoms with E-state index in [1.54, 1.807) is 5.56 Å². The van der Waals surface area contributed by atoms with Crippen molar-refractivity contribution in [2.24, 2.45) is 5.92 Å². The van der Waals surface area contributed by atoms with Gasteiger partial charge in [-0.25, -0.2) is 0 Å². The molecule has 0 bridgehead atoms. The summed E-state index contributed by atoms with van der Waals surface area (Å²) in [7, 11) is 0. The summed E-state index contributed by atoms with van der Waals surface area (Å²) in [5, 5.41) is 3.52. The summed E-state index contributed by atoms with van der Waals surface area (Å²) in [6.45, 7) is 12.8. The quantitative estimate of drug-likeness (QED) is 0.910. The van der Waals surface area contributed by atoms with Crippen LogP contribution in [0.15, 0.2) is 18.2 Å². The molecule has 0 amide bonds. The molecule has 0 radical (unpaired) electrons. The lowest BCUT2D eigenvalue weighted by atomic mass is 9.98. The number of piperazine rings is 1. The van der Waals surface area contributed by atoms with Crippen molar-refractivity contribution in [3.8, 4) is 0 Å². The monoisotopic (exact) mass is 273 g/mol. The van der Waals surface area contributed by atoms with Crippen LogP contribution in [0.1, 0.15) is 25.0 Å². The van der Waals surface area contributed by atoms with E-state index in [0.717, 1.165) is 19.0 Å². The Hall–Kier alpha value is -1.06. The van der Waals surface area contributed by atoms with Gasteiger partial charge in [-0.1, -0.05) is 26.0 Å². The predicted octanol–water partition coefficient (Wildman–Crippen LogP) is 2.11. The zero-order valence-electron chi connectivity index (χ0n) is 12.9. The van der Waals surface area contributed by atoms with Crippen LogP contribution in [0.3, 0.4) is 0 Å². The summed E-state index contributed by atoms with van der Waals surface area (Å²) in [6.07, 6.45) is 1.18. The van der Waals surface area contributed by atoms with Gasteiger partial charge in [-0.2, -0.15) is 0 Å². The van der Waals surface area contributed by atoms with Crippen LogP contribution in [0.2, 0.25) is 0 Å². The van der Waals surface area contributed by atoms with Gasteiger partial charge in [-0.3, -0.25) is 4.90 Å².